The van der Waals surface area contributed by atoms with E-state index in [4.69, 9.17) is 17.8 Å². The molecular weight excluding hydrogens is 272 g/mol. The number of halogens is 2. The summed E-state index contributed by atoms with van der Waals surface area (Å²) in [4.78, 5) is 0. The quantitative estimate of drug-likeness (QED) is 0.595. The first kappa shape index (κ1) is 15.7. The molecule has 0 heterocycles. The maximum atomic E-state index is 4.93. The molecule has 0 spiro atoms. The predicted octanol–water partition coefficient (Wildman–Crippen LogP) is 2.02. The SMILES string of the molecule is CC.[Cl][Sn][Cl].[Ni]. The van der Waals surface area contributed by atoms with Crippen molar-refractivity contribution in [1.82, 2.24) is 0 Å². The Balaban J connectivity index is -0.0000000275. The van der Waals surface area contributed by atoms with Gasteiger partial charge in [0.1, 0.15) is 0 Å². The summed E-state index contributed by atoms with van der Waals surface area (Å²) in [6.07, 6.45) is 0. The van der Waals surface area contributed by atoms with Gasteiger partial charge in [0.25, 0.3) is 0 Å². The first-order valence-corrected chi connectivity index (χ1v) is 8.61. The fraction of sp³-hybridized carbons (Fsp3) is 1.00. The molecule has 0 amide bonds. The summed E-state index contributed by atoms with van der Waals surface area (Å²) >= 11 is -0.826. The molecule has 0 saturated carbocycles. The number of hydrogen-bond donors (Lipinski definition) is 0. The molecule has 0 N–H and O–H groups in total. The molecule has 4 heteroatoms. The van der Waals surface area contributed by atoms with Gasteiger partial charge in [0.15, 0.2) is 0 Å². The Kier molecular flexibility index (Phi) is 75.0. The zero-order valence-electron chi connectivity index (χ0n) is 3.57. The predicted molar refractivity (Wildman–Crippen MR) is 28.8 cm³/mol. The van der Waals surface area contributed by atoms with Crippen LogP contribution in [0.1, 0.15) is 13.8 Å². The van der Waals surface area contributed by atoms with E-state index in [1.54, 1.807) is 0 Å². The molecule has 0 fully saturated rings. The van der Waals surface area contributed by atoms with Gasteiger partial charge in [-0.05, 0) is 0 Å². The fourth-order valence-corrected chi connectivity index (χ4v) is 0. The summed E-state index contributed by atoms with van der Waals surface area (Å²) < 4.78 is 0. The summed E-state index contributed by atoms with van der Waals surface area (Å²) in [7, 11) is 9.87. The molecule has 0 atom stereocenters. The van der Waals surface area contributed by atoms with Gasteiger partial charge in [-0.25, -0.2) is 0 Å². The molecule has 0 aliphatic carbocycles. The van der Waals surface area contributed by atoms with Crippen LogP contribution in [0.25, 0.3) is 0 Å². The van der Waals surface area contributed by atoms with Crippen LogP contribution < -0.4 is 0 Å². The van der Waals surface area contributed by atoms with Gasteiger partial charge in [0.05, 0.1) is 0 Å². The monoisotopic (exact) mass is 278 g/mol. The smallest absolute Gasteiger partial charge is 0 e. The van der Waals surface area contributed by atoms with Crippen molar-refractivity contribution in [3.05, 3.63) is 0 Å². The van der Waals surface area contributed by atoms with Crippen molar-refractivity contribution in [2.75, 3.05) is 0 Å². The molecule has 0 aliphatic heterocycles. The van der Waals surface area contributed by atoms with Gasteiger partial charge in [-0.1, -0.05) is 13.8 Å². The molecule has 2 radical (unpaired) electrons. The van der Waals surface area contributed by atoms with E-state index in [2.05, 4.69) is 0 Å². The van der Waals surface area contributed by atoms with E-state index in [9.17, 15) is 0 Å². The van der Waals surface area contributed by atoms with Crippen molar-refractivity contribution in [3.63, 3.8) is 0 Å². The summed E-state index contributed by atoms with van der Waals surface area (Å²) in [5.74, 6) is 0. The first-order chi connectivity index (χ1) is 2.41. The molecule has 0 rings (SSSR count). The Hall–Kier alpha value is 1.87. The van der Waals surface area contributed by atoms with Gasteiger partial charge < -0.3 is 0 Å². The van der Waals surface area contributed by atoms with Crippen LogP contribution in [-0.4, -0.2) is 18.9 Å². The second kappa shape index (κ2) is 28.7. The molecule has 0 nitrogen and oxygen atoms in total. The minimum Gasteiger partial charge on any atom is 0 e. The van der Waals surface area contributed by atoms with Crippen LogP contribution in [0.15, 0.2) is 0 Å². The summed E-state index contributed by atoms with van der Waals surface area (Å²) in [6, 6.07) is 0. The molecule has 42 valence electrons. The minimum absolute atomic E-state index is 0. The molecular formula is C2H6Cl2NiSn. The Morgan fingerprint density at radius 2 is 1.17 bits per heavy atom. The van der Waals surface area contributed by atoms with Gasteiger partial charge in [0, 0.05) is 16.5 Å². The molecule has 0 aromatic carbocycles. The van der Waals surface area contributed by atoms with E-state index in [0.717, 1.165) is 0 Å². The number of hydrogen-bond acceptors (Lipinski definition) is 0. The van der Waals surface area contributed by atoms with Crippen molar-refractivity contribution in [3.8, 4) is 0 Å². The largest absolute Gasteiger partial charge is 0 e. The fourth-order valence-electron chi connectivity index (χ4n) is 0. The second-order valence-corrected chi connectivity index (χ2v) is 4.31. The van der Waals surface area contributed by atoms with Crippen molar-refractivity contribution >= 4 is 36.7 Å². The van der Waals surface area contributed by atoms with Crippen LogP contribution in [-0.2, 0) is 16.5 Å². The molecule has 0 bridgehead atoms. The first-order valence-electron chi connectivity index (χ1n) is 1.38. The van der Waals surface area contributed by atoms with Gasteiger partial charge in [0.2, 0.25) is 0 Å². The Labute approximate surface area is 66.5 Å². The second-order valence-electron chi connectivity index (χ2n) is 0.0714. The van der Waals surface area contributed by atoms with Gasteiger partial charge in [-0.3, -0.25) is 0 Å². The van der Waals surface area contributed by atoms with E-state index in [1.807, 2.05) is 13.8 Å². The van der Waals surface area contributed by atoms with Crippen LogP contribution in [0.4, 0.5) is 0 Å². The van der Waals surface area contributed by atoms with E-state index < -0.39 is 18.9 Å². The Bertz CT molecular complexity index is 11.5. The normalized spacial score (nSPS) is 4.00. The van der Waals surface area contributed by atoms with Crippen LogP contribution in [0, 0.1) is 0 Å². The maximum Gasteiger partial charge on any atom is 0 e. The van der Waals surface area contributed by atoms with Gasteiger partial charge >= 0.3 is 36.7 Å². The third-order valence-corrected chi connectivity index (χ3v) is 0. The van der Waals surface area contributed by atoms with Crippen molar-refractivity contribution in [2.45, 2.75) is 13.8 Å². The maximum absolute atomic E-state index is 4.93. The third kappa shape index (κ3) is 39.8. The average Bonchev–Trinajstić information content (AvgIpc) is 1.46. The van der Waals surface area contributed by atoms with Gasteiger partial charge in [-0.2, -0.15) is 0 Å². The molecule has 6 heavy (non-hydrogen) atoms. The molecule has 0 aromatic rings. The Morgan fingerprint density at radius 1 is 1.17 bits per heavy atom. The molecule has 0 saturated heterocycles. The van der Waals surface area contributed by atoms with Gasteiger partial charge in [-0.15, -0.1) is 0 Å². The zero-order valence-corrected chi connectivity index (χ0v) is 8.93. The topological polar surface area (TPSA) is 0 Å². The minimum atomic E-state index is -0.826. The molecule has 0 aliphatic rings. The number of rotatable bonds is 0. The van der Waals surface area contributed by atoms with E-state index >= 15 is 0 Å². The van der Waals surface area contributed by atoms with Crippen molar-refractivity contribution < 1.29 is 16.5 Å². The molecule has 0 aromatic heterocycles. The summed E-state index contributed by atoms with van der Waals surface area (Å²) in [6.45, 7) is 4.00. The van der Waals surface area contributed by atoms with Crippen molar-refractivity contribution in [1.29, 1.82) is 0 Å². The van der Waals surface area contributed by atoms with Crippen LogP contribution in [0.3, 0.4) is 0 Å². The third-order valence-electron chi connectivity index (χ3n) is 0. The van der Waals surface area contributed by atoms with Crippen LogP contribution >= 0.6 is 17.8 Å². The van der Waals surface area contributed by atoms with E-state index in [0.29, 0.717) is 0 Å². The van der Waals surface area contributed by atoms with Crippen molar-refractivity contribution in [2.24, 2.45) is 0 Å². The van der Waals surface area contributed by atoms with E-state index in [1.165, 1.54) is 0 Å². The standard InChI is InChI=1S/C2H6.2ClH.Ni.Sn/c1-2;;;;/h1-2H3;2*1H;;/q;;;;+2/p-2. The molecule has 0 unspecified atom stereocenters. The Morgan fingerprint density at radius 3 is 1.17 bits per heavy atom. The van der Waals surface area contributed by atoms with E-state index in [-0.39, 0.29) is 16.5 Å². The summed E-state index contributed by atoms with van der Waals surface area (Å²) in [5, 5.41) is 0. The van der Waals surface area contributed by atoms with Crippen LogP contribution in [0.2, 0.25) is 0 Å². The average molecular weight is 278 g/mol. The van der Waals surface area contributed by atoms with Crippen LogP contribution in [0.5, 0.6) is 0 Å². The zero-order chi connectivity index (χ0) is 4.71. The summed E-state index contributed by atoms with van der Waals surface area (Å²) in [5.41, 5.74) is 0.